The lowest BCUT2D eigenvalue weighted by Crippen LogP contribution is -2.25. The number of ether oxygens (including phenoxy) is 1. The van der Waals surface area contributed by atoms with Crippen molar-refractivity contribution in [2.24, 2.45) is 0 Å². The number of aromatic nitrogens is 4. The zero-order chi connectivity index (χ0) is 20.5. The highest BCUT2D eigenvalue weighted by molar-refractivity contribution is 7.99. The van der Waals surface area contributed by atoms with Crippen LogP contribution in [0.2, 0.25) is 0 Å². The Morgan fingerprint density at radius 2 is 2.07 bits per heavy atom. The monoisotopic (exact) mass is 413 g/mol. The number of benzene rings is 1. The van der Waals surface area contributed by atoms with Crippen molar-refractivity contribution in [1.82, 2.24) is 25.1 Å². The number of nitrogens with one attached hydrogen (secondary N) is 1. The van der Waals surface area contributed by atoms with Crippen LogP contribution in [0, 0.1) is 5.82 Å². The first-order valence-electron chi connectivity index (χ1n) is 8.87. The van der Waals surface area contributed by atoms with Crippen molar-refractivity contribution in [2.45, 2.75) is 24.9 Å². The first-order chi connectivity index (χ1) is 14.2. The highest BCUT2D eigenvalue weighted by Crippen LogP contribution is 2.20. The zero-order valence-electron chi connectivity index (χ0n) is 15.6. The molecule has 1 amide bonds. The van der Waals surface area contributed by atoms with Crippen molar-refractivity contribution >= 4 is 17.7 Å². The summed E-state index contributed by atoms with van der Waals surface area (Å²) in [5.74, 6) is 0.253. The van der Waals surface area contributed by atoms with E-state index in [9.17, 15) is 9.18 Å². The standard InChI is InChI=1S/C20H20FN5O2S/c1-2-11-26-18(13-28-17-9-4-3-8-16(17)21)24-25-20(26)29-14-19(27)23-12-15-7-5-6-10-22-15/h2-10H,1,11-14H2,(H,23,27). The van der Waals surface area contributed by atoms with Gasteiger partial charge in [-0.15, -0.1) is 16.8 Å². The molecule has 0 aliphatic heterocycles. The summed E-state index contributed by atoms with van der Waals surface area (Å²) < 4.78 is 21.0. The van der Waals surface area contributed by atoms with E-state index in [-0.39, 0.29) is 24.0 Å². The number of pyridine rings is 1. The van der Waals surface area contributed by atoms with E-state index in [0.717, 1.165) is 5.69 Å². The van der Waals surface area contributed by atoms with Gasteiger partial charge in [0.25, 0.3) is 0 Å². The number of amides is 1. The maximum Gasteiger partial charge on any atom is 0.230 e. The number of hydrogen-bond acceptors (Lipinski definition) is 6. The van der Waals surface area contributed by atoms with Gasteiger partial charge in [-0.05, 0) is 24.3 Å². The normalized spacial score (nSPS) is 10.5. The largest absolute Gasteiger partial charge is 0.483 e. The van der Waals surface area contributed by atoms with Crippen LogP contribution in [-0.2, 0) is 24.5 Å². The number of hydrogen-bond donors (Lipinski definition) is 1. The van der Waals surface area contributed by atoms with Gasteiger partial charge in [-0.1, -0.05) is 36.0 Å². The minimum absolute atomic E-state index is 0.0498. The molecule has 1 aromatic carbocycles. The molecule has 0 bridgehead atoms. The van der Waals surface area contributed by atoms with E-state index in [2.05, 4.69) is 27.1 Å². The second kappa shape index (κ2) is 10.4. The van der Waals surface area contributed by atoms with Crippen molar-refractivity contribution in [1.29, 1.82) is 0 Å². The minimum atomic E-state index is -0.443. The number of halogens is 1. The molecule has 0 aliphatic rings. The van der Waals surface area contributed by atoms with Crippen LogP contribution >= 0.6 is 11.8 Å². The summed E-state index contributed by atoms with van der Waals surface area (Å²) in [5.41, 5.74) is 0.785. The molecule has 0 aliphatic carbocycles. The van der Waals surface area contributed by atoms with Crippen LogP contribution in [0.1, 0.15) is 11.5 Å². The lowest BCUT2D eigenvalue weighted by molar-refractivity contribution is -0.118. The predicted octanol–water partition coefficient (Wildman–Crippen LogP) is 2.99. The molecule has 0 spiro atoms. The van der Waals surface area contributed by atoms with Gasteiger partial charge < -0.3 is 10.1 Å². The fourth-order valence-corrected chi connectivity index (χ4v) is 3.22. The van der Waals surface area contributed by atoms with Crippen LogP contribution < -0.4 is 10.1 Å². The van der Waals surface area contributed by atoms with Crippen molar-refractivity contribution in [3.8, 4) is 5.75 Å². The number of para-hydroxylation sites is 1. The average molecular weight is 413 g/mol. The zero-order valence-corrected chi connectivity index (χ0v) is 16.4. The first-order valence-corrected chi connectivity index (χ1v) is 9.85. The summed E-state index contributed by atoms with van der Waals surface area (Å²) in [7, 11) is 0. The molecule has 0 unspecified atom stereocenters. The van der Waals surface area contributed by atoms with Gasteiger partial charge in [-0.2, -0.15) is 0 Å². The molecule has 1 N–H and O–H groups in total. The van der Waals surface area contributed by atoms with Gasteiger partial charge in [0, 0.05) is 12.7 Å². The Kier molecular flexibility index (Phi) is 7.34. The Morgan fingerprint density at radius 3 is 2.83 bits per heavy atom. The van der Waals surface area contributed by atoms with E-state index >= 15 is 0 Å². The first kappa shape index (κ1) is 20.5. The maximum atomic E-state index is 13.7. The van der Waals surface area contributed by atoms with Gasteiger partial charge in [-0.25, -0.2) is 4.39 Å². The van der Waals surface area contributed by atoms with E-state index in [4.69, 9.17) is 4.74 Å². The summed E-state index contributed by atoms with van der Waals surface area (Å²) in [6.07, 6.45) is 3.38. The van der Waals surface area contributed by atoms with Crippen LogP contribution in [-0.4, -0.2) is 31.4 Å². The van der Waals surface area contributed by atoms with Crippen molar-refractivity contribution in [2.75, 3.05) is 5.75 Å². The van der Waals surface area contributed by atoms with Gasteiger partial charge in [0.2, 0.25) is 5.91 Å². The molecule has 3 rings (SSSR count). The van der Waals surface area contributed by atoms with Crippen molar-refractivity contribution in [3.63, 3.8) is 0 Å². The molecule has 3 aromatic rings. The second-order valence-corrected chi connectivity index (χ2v) is 6.85. The summed E-state index contributed by atoms with van der Waals surface area (Å²) in [6, 6.07) is 11.7. The smallest absolute Gasteiger partial charge is 0.230 e. The number of rotatable bonds is 10. The molecule has 29 heavy (non-hydrogen) atoms. The summed E-state index contributed by atoms with van der Waals surface area (Å²) >= 11 is 1.26. The average Bonchev–Trinajstić information content (AvgIpc) is 3.13. The predicted molar refractivity (Wildman–Crippen MR) is 108 cm³/mol. The molecule has 2 heterocycles. The maximum absolute atomic E-state index is 13.7. The number of carbonyl (C=O) groups is 1. The van der Waals surface area contributed by atoms with Crippen LogP contribution in [0.5, 0.6) is 5.75 Å². The summed E-state index contributed by atoms with van der Waals surface area (Å²) in [5, 5.41) is 11.6. The molecule has 0 atom stereocenters. The van der Waals surface area contributed by atoms with Crippen LogP contribution in [0.3, 0.4) is 0 Å². The molecule has 7 nitrogen and oxygen atoms in total. The topological polar surface area (TPSA) is 81.9 Å². The van der Waals surface area contributed by atoms with Gasteiger partial charge in [0.15, 0.2) is 22.5 Å². The Morgan fingerprint density at radius 1 is 1.24 bits per heavy atom. The minimum Gasteiger partial charge on any atom is -0.483 e. The summed E-state index contributed by atoms with van der Waals surface area (Å²) in [6.45, 7) is 4.59. The highest BCUT2D eigenvalue weighted by atomic mass is 32.2. The molecule has 9 heteroatoms. The van der Waals surface area contributed by atoms with Crippen LogP contribution in [0.4, 0.5) is 4.39 Å². The second-order valence-electron chi connectivity index (χ2n) is 5.90. The summed E-state index contributed by atoms with van der Waals surface area (Å²) in [4.78, 5) is 16.3. The molecule has 150 valence electrons. The SMILES string of the molecule is C=CCn1c(COc2ccccc2F)nnc1SCC(=O)NCc1ccccn1. The highest BCUT2D eigenvalue weighted by Gasteiger charge is 2.15. The lowest BCUT2D eigenvalue weighted by atomic mass is 10.3. The van der Waals surface area contributed by atoms with Crippen LogP contribution in [0.15, 0.2) is 66.5 Å². The molecule has 0 saturated heterocycles. The molecule has 0 radical (unpaired) electrons. The van der Waals surface area contributed by atoms with E-state index < -0.39 is 5.82 Å². The van der Waals surface area contributed by atoms with Gasteiger partial charge >= 0.3 is 0 Å². The van der Waals surface area contributed by atoms with Crippen molar-refractivity contribution in [3.05, 3.63) is 78.7 Å². The third kappa shape index (κ3) is 5.89. The van der Waals surface area contributed by atoms with E-state index in [1.165, 1.54) is 17.8 Å². The Hall–Kier alpha value is -3.20. The third-order valence-electron chi connectivity index (χ3n) is 3.82. The third-order valence-corrected chi connectivity index (χ3v) is 4.79. The van der Waals surface area contributed by atoms with E-state index in [1.54, 1.807) is 35.0 Å². The molecular weight excluding hydrogens is 393 g/mol. The van der Waals surface area contributed by atoms with Gasteiger partial charge in [0.1, 0.15) is 6.61 Å². The molecule has 0 saturated carbocycles. The van der Waals surface area contributed by atoms with E-state index in [1.807, 2.05) is 18.2 Å². The fraction of sp³-hybridized carbons (Fsp3) is 0.200. The van der Waals surface area contributed by atoms with Gasteiger partial charge in [-0.3, -0.25) is 14.3 Å². The molecule has 2 aromatic heterocycles. The number of carbonyl (C=O) groups excluding carboxylic acids is 1. The fourth-order valence-electron chi connectivity index (χ4n) is 2.42. The Balaban J connectivity index is 1.57. The molecule has 0 fully saturated rings. The Labute approximate surface area is 172 Å². The van der Waals surface area contributed by atoms with Gasteiger partial charge in [0.05, 0.1) is 18.0 Å². The number of allylic oxidation sites excluding steroid dienone is 1. The van der Waals surface area contributed by atoms with Crippen molar-refractivity contribution < 1.29 is 13.9 Å². The van der Waals surface area contributed by atoms with E-state index in [0.29, 0.717) is 24.1 Å². The lowest BCUT2D eigenvalue weighted by Gasteiger charge is -2.09. The molecular formula is C20H20FN5O2S. The quantitative estimate of drug-likeness (QED) is 0.407. The number of thioether (sulfide) groups is 1. The Bertz CT molecular complexity index is 965. The van der Waals surface area contributed by atoms with Crippen LogP contribution in [0.25, 0.3) is 0 Å². The number of nitrogens with zero attached hydrogens (tertiary/aromatic N) is 4.